The molecule has 6 heteroatoms. The van der Waals surface area contributed by atoms with Crippen molar-refractivity contribution >= 4 is 17.0 Å². The predicted octanol–water partition coefficient (Wildman–Crippen LogP) is 1.12. The van der Waals surface area contributed by atoms with Gasteiger partial charge in [-0.05, 0) is 18.4 Å². The third-order valence-corrected chi connectivity index (χ3v) is 4.04. The van der Waals surface area contributed by atoms with Crippen LogP contribution in [0.15, 0.2) is 28.5 Å². The van der Waals surface area contributed by atoms with E-state index in [-0.39, 0.29) is 5.56 Å². The molecule has 0 unspecified atom stereocenters. The summed E-state index contributed by atoms with van der Waals surface area (Å²) in [5.41, 5.74) is 7.01. The highest BCUT2D eigenvalue weighted by Gasteiger charge is 2.07. The number of hydrogen-bond donors (Lipinski definition) is 1. The van der Waals surface area contributed by atoms with Crippen LogP contribution in [-0.4, -0.2) is 29.9 Å². The minimum Gasteiger partial charge on any atom is -0.373 e. The van der Waals surface area contributed by atoms with Gasteiger partial charge in [0.1, 0.15) is 0 Å². The lowest BCUT2D eigenvalue weighted by Gasteiger charge is -2.16. The molecular weight excluding hydrogens is 284 g/mol. The molecule has 0 aliphatic carbocycles. The van der Waals surface area contributed by atoms with Crippen molar-refractivity contribution in [2.24, 2.45) is 5.73 Å². The lowest BCUT2D eigenvalue weighted by Crippen LogP contribution is -2.25. The van der Waals surface area contributed by atoms with E-state index in [4.69, 9.17) is 5.73 Å². The molecule has 2 aromatic heterocycles. The molecule has 110 valence electrons. The molecule has 0 aliphatic heterocycles. The fraction of sp³-hybridized carbons (Fsp3) is 0.333. The molecule has 21 heavy (non-hydrogen) atoms. The molecule has 0 bridgehead atoms. The van der Waals surface area contributed by atoms with Crippen molar-refractivity contribution in [1.29, 1.82) is 0 Å². The van der Waals surface area contributed by atoms with Gasteiger partial charge in [0, 0.05) is 30.1 Å². The fourth-order valence-electron chi connectivity index (χ4n) is 1.79. The van der Waals surface area contributed by atoms with E-state index in [0.717, 1.165) is 22.7 Å². The Morgan fingerprint density at radius 3 is 3.00 bits per heavy atom. The van der Waals surface area contributed by atoms with Gasteiger partial charge in [0.05, 0.1) is 25.0 Å². The Labute approximate surface area is 128 Å². The van der Waals surface area contributed by atoms with Gasteiger partial charge in [0.15, 0.2) is 0 Å². The summed E-state index contributed by atoms with van der Waals surface area (Å²) in [7, 11) is 1.93. The molecule has 0 fully saturated rings. The molecule has 0 spiro atoms. The summed E-state index contributed by atoms with van der Waals surface area (Å²) < 4.78 is 1.45. The Morgan fingerprint density at radius 2 is 2.33 bits per heavy atom. The maximum atomic E-state index is 12.1. The highest BCUT2D eigenvalue weighted by Crippen LogP contribution is 2.16. The second-order valence-electron chi connectivity index (χ2n) is 4.49. The Kier molecular flexibility index (Phi) is 5.14. The first-order chi connectivity index (χ1) is 10.2. The van der Waals surface area contributed by atoms with Crippen LogP contribution in [-0.2, 0) is 6.54 Å². The van der Waals surface area contributed by atoms with Crippen LogP contribution in [0.5, 0.6) is 0 Å². The van der Waals surface area contributed by atoms with Gasteiger partial charge in [-0.1, -0.05) is 11.8 Å². The van der Waals surface area contributed by atoms with Gasteiger partial charge in [0.2, 0.25) is 0 Å². The third kappa shape index (κ3) is 3.72. The molecule has 5 nitrogen and oxygen atoms in total. The monoisotopic (exact) mass is 302 g/mol. The Hall–Kier alpha value is -2.10. The fourth-order valence-corrected chi connectivity index (χ4v) is 2.60. The average Bonchev–Trinajstić information content (AvgIpc) is 2.93. The zero-order chi connectivity index (χ0) is 15.2. The van der Waals surface area contributed by atoms with E-state index in [0.29, 0.717) is 13.1 Å². The van der Waals surface area contributed by atoms with Crippen LogP contribution in [0.3, 0.4) is 0 Å². The van der Waals surface area contributed by atoms with Crippen LogP contribution in [0, 0.1) is 11.8 Å². The van der Waals surface area contributed by atoms with Crippen LogP contribution in [0.25, 0.3) is 0 Å². The lowest BCUT2D eigenvalue weighted by atomic mass is 10.2. The molecule has 0 atom stereocenters. The third-order valence-electron chi connectivity index (χ3n) is 3.13. The number of rotatable bonds is 4. The Balaban J connectivity index is 2.25. The first-order valence-corrected chi connectivity index (χ1v) is 7.57. The number of aromatic nitrogens is 2. The Bertz CT molecular complexity index is 723. The smallest absolute Gasteiger partial charge is 0.269 e. The SMILES string of the molecule is CCN(C)c1cnn(Cc2sccc2C#CCN)c(=O)c1. The largest absolute Gasteiger partial charge is 0.373 e. The first kappa shape index (κ1) is 15.3. The summed E-state index contributed by atoms with van der Waals surface area (Å²) in [4.78, 5) is 15.1. The number of hydrogen-bond acceptors (Lipinski definition) is 5. The Morgan fingerprint density at radius 1 is 1.52 bits per heavy atom. The van der Waals surface area contributed by atoms with E-state index in [1.807, 2.05) is 30.3 Å². The van der Waals surface area contributed by atoms with Crippen molar-refractivity contribution < 1.29 is 0 Å². The van der Waals surface area contributed by atoms with Gasteiger partial charge in [-0.2, -0.15) is 5.10 Å². The topological polar surface area (TPSA) is 64.2 Å². The molecule has 0 aliphatic rings. The maximum Gasteiger partial charge on any atom is 0.269 e. The second kappa shape index (κ2) is 7.07. The van der Waals surface area contributed by atoms with Crippen molar-refractivity contribution in [3.05, 3.63) is 44.5 Å². The second-order valence-corrected chi connectivity index (χ2v) is 5.49. The van der Waals surface area contributed by atoms with Crippen LogP contribution < -0.4 is 16.2 Å². The molecule has 0 saturated carbocycles. The molecular formula is C15H18N4OS. The van der Waals surface area contributed by atoms with Crippen LogP contribution in [0.2, 0.25) is 0 Å². The average molecular weight is 302 g/mol. The quantitative estimate of drug-likeness (QED) is 0.860. The summed E-state index contributed by atoms with van der Waals surface area (Å²) >= 11 is 1.57. The standard InChI is InChI=1S/C15H18N4OS/c1-3-18(2)13-9-15(20)19(17-10-13)11-14-12(5-4-7-16)6-8-21-14/h6,8-10H,3,7,11,16H2,1-2H3. The van der Waals surface area contributed by atoms with Gasteiger partial charge in [0.25, 0.3) is 5.56 Å². The summed E-state index contributed by atoms with van der Waals surface area (Å²) in [6.07, 6.45) is 1.71. The van der Waals surface area contributed by atoms with Crippen molar-refractivity contribution in [3.63, 3.8) is 0 Å². The summed E-state index contributed by atoms with van der Waals surface area (Å²) in [6, 6.07) is 3.54. The molecule has 2 N–H and O–H groups in total. The minimum absolute atomic E-state index is 0.112. The lowest BCUT2D eigenvalue weighted by molar-refractivity contribution is 0.643. The van der Waals surface area contributed by atoms with E-state index < -0.39 is 0 Å². The van der Waals surface area contributed by atoms with E-state index in [9.17, 15) is 4.79 Å². The highest BCUT2D eigenvalue weighted by atomic mass is 32.1. The first-order valence-electron chi connectivity index (χ1n) is 6.69. The molecule has 2 rings (SSSR count). The molecule has 0 aromatic carbocycles. The summed E-state index contributed by atoms with van der Waals surface area (Å²) in [6.45, 7) is 3.61. The summed E-state index contributed by atoms with van der Waals surface area (Å²) in [5, 5.41) is 6.20. The maximum absolute atomic E-state index is 12.1. The van der Waals surface area contributed by atoms with Gasteiger partial charge < -0.3 is 10.6 Å². The molecule has 0 saturated heterocycles. The normalized spacial score (nSPS) is 10.0. The van der Waals surface area contributed by atoms with Crippen LogP contribution >= 0.6 is 11.3 Å². The number of thiophene rings is 1. The zero-order valence-corrected chi connectivity index (χ0v) is 13.0. The van der Waals surface area contributed by atoms with Gasteiger partial charge in [-0.25, -0.2) is 4.68 Å². The number of nitrogens with zero attached hydrogens (tertiary/aromatic N) is 3. The van der Waals surface area contributed by atoms with Gasteiger partial charge >= 0.3 is 0 Å². The number of anilines is 1. The zero-order valence-electron chi connectivity index (χ0n) is 12.2. The van der Waals surface area contributed by atoms with Crippen molar-refractivity contribution in [1.82, 2.24) is 9.78 Å². The predicted molar refractivity (Wildman–Crippen MR) is 86.8 cm³/mol. The van der Waals surface area contributed by atoms with E-state index in [1.165, 1.54) is 4.68 Å². The van der Waals surface area contributed by atoms with Crippen molar-refractivity contribution in [2.75, 3.05) is 25.0 Å². The van der Waals surface area contributed by atoms with Crippen LogP contribution in [0.4, 0.5) is 5.69 Å². The van der Waals surface area contributed by atoms with Crippen LogP contribution in [0.1, 0.15) is 17.4 Å². The van der Waals surface area contributed by atoms with Crippen molar-refractivity contribution in [3.8, 4) is 11.8 Å². The minimum atomic E-state index is -0.112. The molecule has 0 radical (unpaired) electrons. The van der Waals surface area contributed by atoms with E-state index >= 15 is 0 Å². The van der Waals surface area contributed by atoms with E-state index in [2.05, 4.69) is 16.9 Å². The summed E-state index contributed by atoms with van der Waals surface area (Å²) in [5.74, 6) is 5.85. The van der Waals surface area contributed by atoms with E-state index in [1.54, 1.807) is 23.6 Å². The highest BCUT2D eigenvalue weighted by molar-refractivity contribution is 7.10. The number of nitrogens with two attached hydrogens (primary N) is 1. The molecule has 2 aromatic rings. The van der Waals surface area contributed by atoms with Crippen molar-refractivity contribution in [2.45, 2.75) is 13.5 Å². The molecule has 2 heterocycles. The molecule has 0 amide bonds. The van der Waals surface area contributed by atoms with Gasteiger partial charge in [-0.3, -0.25) is 4.79 Å². The van der Waals surface area contributed by atoms with Gasteiger partial charge in [-0.15, -0.1) is 11.3 Å².